The second kappa shape index (κ2) is 5.40. The quantitative estimate of drug-likeness (QED) is 0.367. The molecule has 82 valence electrons. The molecule has 0 unspecified atom stereocenters. The average molecular weight is 212 g/mol. The summed E-state index contributed by atoms with van der Waals surface area (Å²) in [6.45, 7) is 0.183. The molecule has 0 amide bonds. The van der Waals surface area contributed by atoms with Crippen molar-refractivity contribution in [3.8, 4) is 0 Å². The van der Waals surface area contributed by atoms with Crippen LogP contribution in [0, 0.1) is 10.1 Å². The predicted molar refractivity (Wildman–Crippen MR) is 53.1 cm³/mol. The molecule has 0 saturated carbocycles. The van der Waals surface area contributed by atoms with Crippen molar-refractivity contribution < 1.29 is 15.1 Å². The van der Waals surface area contributed by atoms with Crippen molar-refractivity contribution in [2.75, 3.05) is 13.2 Å². The average Bonchev–Trinajstić information content (AvgIpc) is 2.26. The number of nitro benzene ring substituents is 1. The number of nitro groups is 1. The first-order valence-electron chi connectivity index (χ1n) is 4.42. The molecule has 0 fully saturated rings. The van der Waals surface area contributed by atoms with E-state index in [1.807, 2.05) is 0 Å². The molecule has 1 rings (SSSR count). The zero-order valence-corrected chi connectivity index (χ0v) is 7.96. The molecule has 15 heavy (non-hydrogen) atoms. The minimum Gasteiger partial charge on any atom is -0.395 e. The van der Waals surface area contributed by atoms with Crippen molar-refractivity contribution in [3.05, 3.63) is 39.9 Å². The first-order valence-corrected chi connectivity index (χ1v) is 4.42. The van der Waals surface area contributed by atoms with Crippen LogP contribution in [0.4, 0.5) is 5.69 Å². The van der Waals surface area contributed by atoms with Gasteiger partial charge >= 0.3 is 0 Å². The minimum atomic E-state index is -0.919. The van der Waals surface area contributed by atoms with Gasteiger partial charge in [0.05, 0.1) is 11.5 Å². The molecule has 0 bridgehead atoms. The lowest BCUT2D eigenvalue weighted by Gasteiger charge is -2.11. The lowest BCUT2D eigenvalue weighted by molar-refractivity contribution is -0.384. The van der Waals surface area contributed by atoms with Crippen molar-refractivity contribution in [3.63, 3.8) is 0 Å². The Balaban J connectivity index is 2.66. The van der Waals surface area contributed by atoms with Crippen LogP contribution in [0.5, 0.6) is 0 Å². The fourth-order valence-electron chi connectivity index (χ4n) is 1.10. The van der Waals surface area contributed by atoms with Crippen LogP contribution < -0.4 is 5.32 Å². The van der Waals surface area contributed by atoms with Crippen LogP contribution in [-0.4, -0.2) is 28.3 Å². The van der Waals surface area contributed by atoms with E-state index in [1.165, 1.54) is 24.3 Å². The SMILES string of the molecule is O=[N+]([O-])c1ccc([C@H](O)NCCO)cc1. The summed E-state index contributed by atoms with van der Waals surface area (Å²) in [6.07, 6.45) is -0.919. The van der Waals surface area contributed by atoms with Crippen molar-refractivity contribution >= 4 is 5.69 Å². The smallest absolute Gasteiger partial charge is 0.269 e. The van der Waals surface area contributed by atoms with E-state index < -0.39 is 11.2 Å². The van der Waals surface area contributed by atoms with Crippen LogP contribution in [-0.2, 0) is 0 Å². The number of nitrogens with zero attached hydrogens (tertiary/aromatic N) is 1. The maximum absolute atomic E-state index is 10.3. The van der Waals surface area contributed by atoms with E-state index >= 15 is 0 Å². The third-order valence-corrected chi connectivity index (χ3v) is 1.87. The van der Waals surface area contributed by atoms with E-state index in [-0.39, 0.29) is 18.8 Å². The number of non-ortho nitro benzene ring substituents is 1. The second-order valence-corrected chi connectivity index (χ2v) is 2.93. The molecular weight excluding hydrogens is 200 g/mol. The van der Waals surface area contributed by atoms with Gasteiger partial charge in [0.1, 0.15) is 6.23 Å². The van der Waals surface area contributed by atoms with Gasteiger partial charge in [-0.2, -0.15) is 0 Å². The van der Waals surface area contributed by atoms with Gasteiger partial charge in [-0.15, -0.1) is 0 Å². The summed E-state index contributed by atoms with van der Waals surface area (Å²) < 4.78 is 0. The largest absolute Gasteiger partial charge is 0.395 e. The number of hydrogen-bond donors (Lipinski definition) is 3. The zero-order valence-electron chi connectivity index (χ0n) is 7.96. The highest BCUT2D eigenvalue weighted by Crippen LogP contribution is 2.15. The molecule has 1 aromatic rings. The lowest BCUT2D eigenvalue weighted by atomic mass is 10.2. The topological polar surface area (TPSA) is 95.6 Å². The number of hydrogen-bond acceptors (Lipinski definition) is 5. The third kappa shape index (κ3) is 3.28. The molecule has 6 nitrogen and oxygen atoms in total. The second-order valence-electron chi connectivity index (χ2n) is 2.93. The molecule has 0 radical (unpaired) electrons. The summed E-state index contributed by atoms with van der Waals surface area (Å²) in [5.41, 5.74) is 0.502. The summed E-state index contributed by atoms with van der Waals surface area (Å²) in [6, 6.07) is 5.57. The summed E-state index contributed by atoms with van der Waals surface area (Å²) >= 11 is 0. The highest BCUT2D eigenvalue weighted by atomic mass is 16.6. The van der Waals surface area contributed by atoms with Gasteiger partial charge in [0.2, 0.25) is 0 Å². The molecule has 0 heterocycles. The van der Waals surface area contributed by atoms with Gasteiger partial charge in [0, 0.05) is 18.7 Å². The van der Waals surface area contributed by atoms with Crippen molar-refractivity contribution in [2.45, 2.75) is 6.23 Å². The maximum Gasteiger partial charge on any atom is 0.269 e. The van der Waals surface area contributed by atoms with Crippen LogP contribution in [0.25, 0.3) is 0 Å². The normalized spacial score (nSPS) is 12.4. The Hall–Kier alpha value is -1.50. The Bertz CT molecular complexity index is 325. The van der Waals surface area contributed by atoms with Gasteiger partial charge in [-0.1, -0.05) is 0 Å². The summed E-state index contributed by atoms with van der Waals surface area (Å²) in [5, 5.41) is 31.0. The van der Waals surface area contributed by atoms with E-state index in [9.17, 15) is 15.2 Å². The molecule has 1 atom stereocenters. The number of benzene rings is 1. The molecule has 1 aromatic carbocycles. The molecule has 0 saturated heterocycles. The predicted octanol–water partition coefficient (Wildman–Crippen LogP) is 0.168. The maximum atomic E-state index is 10.3. The van der Waals surface area contributed by atoms with E-state index in [1.54, 1.807) is 0 Å². The third-order valence-electron chi connectivity index (χ3n) is 1.87. The van der Waals surface area contributed by atoms with Crippen LogP contribution in [0.15, 0.2) is 24.3 Å². The molecular formula is C9H12N2O4. The highest BCUT2D eigenvalue weighted by molar-refractivity contribution is 5.33. The number of aliphatic hydroxyl groups is 2. The van der Waals surface area contributed by atoms with Gasteiger partial charge in [-0.25, -0.2) is 0 Å². The summed E-state index contributed by atoms with van der Waals surface area (Å²) in [7, 11) is 0. The fraction of sp³-hybridized carbons (Fsp3) is 0.333. The first-order chi connectivity index (χ1) is 7.15. The number of rotatable bonds is 5. The van der Waals surface area contributed by atoms with Crippen LogP contribution in [0.1, 0.15) is 11.8 Å². The zero-order chi connectivity index (χ0) is 11.3. The number of aliphatic hydroxyl groups excluding tert-OH is 2. The lowest BCUT2D eigenvalue weighted by Crippen LogP contribution is -2.23. The highest BCUT2D eigenvalue weighted by Gasteiger charge is 2.09. The molecule has 0 aliphatic carbocycles. The summed E-state index contributed by atoms with van der Waals surface area (Å²) in [4.78, 5) is 9.85. The van der Waals surface area contributed by atoms with Gasteiger partial charge < -0.3 is 10.2 Å². The Kier molecular flexibility index (Phi) is 4.17. The first kappa shape index (κ1) is 11.6. The Morgan fingerprint density at radius 1 is 1.40 bits per heavy atom. The van der Waals surface area contributed by atoms with E-state index in [0.29, 0.717) is 5.56 Å². The number of nitrogens with one attached hydrogen (secondary N) is 1. The molecule has 0 aliphatic heterocycles. The van der Waals surface area contributed by atoms with E-state index in [0.717, 1.165) is 0 Å². The van der Waals surface area contributed by atoms with Crippen LogP contribution in [0.3, 0.4) is 0 Å². The molecule has 0 spiro atoms. The van der Waals surface area contributed by atoms with Gasteiger partial charge in [0.15, 0.2) is 0 Å². The fourth-order valence-corrected chi connectivity index (χ4v) is 1.10. The van der Waals surface area contributed by atoms with E-state index in [4.69, 9.17) is 5.11 Å². The van der Waals surface area contributed by atoms with Crippen LogP contribution >= 0.6 is 0 Å². The van der Waals surface area contributed by atoms with E-state index in [2.05, 4.69) is 5.32 Å². The standard InChI is InChI=1S/C9H12N2O4/c12-6-5-10-9(13)7-1-3-8(4-2-7)11(14)15/h1-4,9-10,12-13H,5-6H2/t9-/m0/s1. The molecule has 3 N–H and O–H groups in total. The Morgan fingerprint density at radius 3 is 2.47 bits per heavy atom. The molecule has 6 heteroatoms. The Morgan fingerprint density at radius 2 is 2.00 bits per heavy atom. The van der Waals surface area contributed by atoms with Gasteiger partial charge in [-0.05, 0) is 17.7 Å². The Labute approximate surface area is 86.3 Å². The monoisotopic (exact) mass is 212 g/mol. The van der Waals surface area contributed by atoms with Gasteiger partial charge in [0.25, 0.3) is 5.69 Å². The van der Waals surface area contributed by atoms with Crippen LogP contribution in [0.2, 0.25) is 0 Å². The van der Waals surface area contributed by atoms with Crippen molar-refractivity contribution in [1.82, 2.24) is 5.32 Å². The minimum absolute atomic E-state index is 0.0203. The van der Waals surface area contributed by atoms with Crippen molar-refractivity contribution in [1.29, 1.82) is 0 Å². The molecule has 0 aromatic heterocycles. The van der Waals surface area contributed by atoms with Gasteiger partial charge in [-0.3, -0.25) is 15.4 Å². The summed E-state index contributed by atoms with van der Waals surface area (Å²) in [5.74, 6) is 0. The van der Waals surface area contributed by atoms with Crippen molar-refractivity contribution in [2.24, 2.45) is 0 Å². The molecule has 0 aliphatic rings.